The Kier molecular flexibility index (Phi) is 6.94. The second-order valence-electron chi connectivity index (χ2n) is 15.7. The van der Waals surface area contributed by atoms with Gasteiger partial charge in [0.05, 0.1) is 19.6 Å². The van der Waals surface area contributed by atoms with E-state index in [4.69, 9.17) is 9.47 Å². The summed E-state index contributed by atoms with van der Waals surface area (Å²) in [6.45, 7) is 18.6. The Morgan fingerprint density at radius 3 is 2.20 bits per heavy atom. The molecule has 0 aliphatic heterocycles. The molecule has 5 rings (SSSR count). The summed E-state index contributed by atoms with van der Waals surface area (Å²) in [5.74, 6) is 1.65. The quantitative estimate of drug-likeness (QED) is 0.252. The molecule has 0 amide bonds. The maximum absolute atomic E-state index is 13.9. The van der Waals surface area contributed by atoms with E-state index in [2.05, 4.69) is 67.7 Å². The molecule has 0 unspecified atom stereocenters. The Bertz CT molecular complexity index is 1240. The number of allylic oxidation sites excluding steroid dienone is 5. The van der Waals surface area contributed by atoms with Crippen LogP contribution in [0.4, 0.5) is 0 Å². The fourth-order valence-corrected chi connectivity index (χ4v) is 11.0. The fraction of sp³-hybridized carbons (Fsp3) is 0.771. The molecule has 0 radical (unpaired) electrons. The van der Waals surface area contributed by atoms with Gasteiger partial charge in [0.15, 0.2) is 5.78 Å². The minimum Gasteiger partial charge on any atom is -0.497 e. The molecule has 0 N–H and O–H groups in total. The van der Waals surface area contributed by atoms with Crippen LogP contribution in [0.25, 0.3) is 0 Å². The molecule has 0 aromatic carbocycles. The van der Waals surface area contributed by atoms with E-state index >= 15 is 0 Å². The van der Waals surface area contributed by atoms with Gasteiger partial charge < -0.3 is 9.47 Å². The predicted molar refractivity (Wildman–Crippen MR) is 164 cm³/mol. The molecule has 5 aliphatic rings. The Morgan fingerprint density at radius 1 is 0.950 bits per heavy atom. The number of thioether (sulfide) groups is 1. The van der Waals surface area contributed by atoms with E-state index in [-0.39, 0.29) is 39.5 Å². The van der Waals surface area contributed by atoms with Crippen LogP contribution in [0.5, 0.6) is 0 Å². The molecule has 6 atom stereocenters. The van der Waals surface area contributed by atoms with E-state index < -0.39 is 10.8 Å². The van der Waals surface area contributed by atoms with E-state index in [1.165, 1.54) is 11.1 Å². The number of methoxy groups -OCH3 is 2. The molecule has 4 nitrogen and oxygen atoms in total. The highest BCUT2D eigenvalue weighted by Gasteiger charge is 2.69. The van der Waals surface area contributed by atoms with Gasteiger partial charge in [0.25, 0.3) is 0 Å². The van der Waals surface area contributed by atoms with Crippen molar-refractivity contribution in [1.29, 1.82) is 0 Å². The topological polar surface area (TPSA) is 52.6 Å². The smallest absolute Gasteiger partial charge is 0.312 e. The average Bonchev–Trinajstić information content (AvgIpc) is 2.89. The Balaban J connectivity index is 1.76. The number of rotatable bonds is 3. The standard InChI is InChI=1S/C35H52O4S/c1-21(40-11)22-19-32(6)25(31(4,5)28(22)36)12-13-33(7)26(32)18-24(38-9)27-23-20-30(2,3)14-16-35(23,29(37)39-10)17-15-34(27,33)8/h18,23,25H,12-17,19-20H2,1-11H3/b22-21+/t23-,25-,32-,33+,34+,35-/m0/s1. The van der Waals surface area contributed by atoms with Crippen LogP contribution >= 0.6 is 11.8 Å². The van der Waals surface area contributed by atoms with Gasteiger partial charge in [0, 0.05) is 22.3 Å². The predicted octanol–water partition coefficient (Wildman–Crippen LogP) is 8.67. The summed E-state index contributed by atoms with van der Waals surface area (Å²) in [5.41, 5.74) is 2.76. The van der Waals surface area contributed by atoms with Crippen LogP contribution in [0.2, 0.25) is 0 Å². The highest BCUT2D eigenvalue weighted by Crippen LogP contribution is 2.75. The van der Waals surface area contributed by atoms with Gasteiger partial charge in [0.1, 0.15) is 5.76 Å². The molecule has 5 heteroatoms. The number of Topliss-reactive ketones (excluding diaryl/α,β-unsaturated/α-hetero) is 1. The summed E-state index contributed by atoms with van der Waals surface area (Å²) < 4.78 is 11.9. The molecule has 4 saturated carbocycles. The summed E-state index contributed by atoms with van der Waals surface area (Å²) in [7, 11) is 3.37. The van der Waals surface area contributed by atoms with Gasteiger partial charge in [0.2, 0.25) is 0 Å². The van der Waals surface area contributed by atoms with Crippen LogP contribution in [0.3, 0.4) is 0 Å². The van der Waals surface area contributed by atoms with Crippen molar-refractivity contribution in [2.45, 2.75) is 107 Å². The van der Waals surface area contributed by atoms with Crippen molar-refractivity contribution in [2.24, 2.45) is 44.3 Å². The van der Waals surface area contributed by atoms with Crippen molar-refractivity contribution in [3.05, 3.63) is 33.5 Å². The molecule has 4 fully saturated rings. The number of hydrogen-bond acceptors (Lipinski definition) is 5. The average molecular weight is 569 g/mol. The van der Waals surface area contributed by atoms with E-state index in [0.29, 0.717) is 5.78 Å². The molecule has 222 valence electrons. The van der Waals surface area contributed by atoms with Gasteiger partial charge in [-0.1, -0.05) is 54.0 Å². The van der Waals surface area contributed by atoms with Gasteiger partial charge in [-0.2, -0.15) is 0 Å². The minimum absolute atomic E-state index is 0.0385. The molecular weight excluding hydrogens is 516 g/mol. The summed E-state index contributed by atoms with van der Waals surface area (Å²) in [5, 5.41) is 0. The highest BCUT2D eigenvalue weighted by atomic mass is 32.2. The third-order valence-corrected chi connectivity index (χ3v) is 14.0. The molecule has 0 aromatic heterocycles. The van der Waals surface area contributed by atoms with Crippen molar-refractivity contribution in [1.82, 2.24) is 0 Å². The third-order valence-electron chi connectivity index (χ3n) is 13.2. The normalized spacial score (nSPS) is 43.0. The Hall–Kier alpha value is -1.49. The van der Waals surface area contributed by atoms with Crippen molar-refractivity contribution in [3.63, 3.8) is 0 Å². The summed E-state index contributed by atoms with van der Waals surface area (Å²) in [6, 6.07) is 0. The lowest BCUT2D eigenvalue weighted by molar-refractivity contribution is -0.167. The Morgan fingerprint density at radius 2 is 1.60 bits per heavy atom. The van der Waals surface area contributed by atoms with Gasteiger partial charge in [-0.25, -0.2) is 0 Å². The maximum Gasteiger partial charge on any atom is 0.312 e. The molecule has 0 spiro atoms. The number of carbonyl (C=O) groups is 2. The van der Waals surface area contributed by atoms with Crippen molar-refractivity contribution in [3.8, 4) is 0 Å². The number of esters is 1. The first-order valence-corrected chi connectivity index (χ1v) is 16.6. The van der Waals surface area contributed by atoms with E-state index in [1.54, 1.807) is 18.9 Å². The number of carbonyl (C=O) groups excluding carboxylic acids is 2. The van der Waals surface area contributed by atoms with Crippen LogP contribution in [0.1, 0.15) is 107 Å². The molecule has 0 saturated heterocycles. The zero-order valence-electron chi connectivity index (χ0n) is 26.9. The van der Waals surface area contributed by atoms with Crippen molar-refractivity contribution in [2.75, 3.05) is 20.5 Å². The molecule has 0 aromatic rings. The van der Waals surface area contributed by atoms with Gasteiger partial charge in [-0.05, 0) is 103 Å². The van der Waals surface area contributed by atoms with Crippen LogP contribution in [-0.2, 0) is 19.1 Å². The largest absolute Gasteiger partial charge is 0.497 e. The first kappa shape index (κ1) is 30.0. The lowest BCUT2D eigenvalue weighted by atomic mass is 9.35. The van der Waals surface area contributed by atoms with Gasteiger partial charge >= 0.3 is 5.97 Å². The van der Waals surface area contributed by atoms with Crippen LogP contribution in [-0.4, -0.2) is 32.2 Å². The Labute approximate surface area is 247 Å². The lowest BCUT2D eigenvalue weighted by Crippen LogP contribution is -2.62. The first-order valence-electron chi connectivity index (χ1n) is 15.4. The zero-order valence-corrected chi connectivity index (χ0v) is 27.7. The van der Waals surface area contributed by atoms with Gasteiger partial charge in [-0.15, -0.1) is 11.8 Å². The highest BCUT2D eigenvalue weighted by molar-refractivity contribution is 8.02. The molecule has 40 heavy (non-hydrogen) atoms. The van der Waals surface area contributed by atoms with E-state index in [1.807, 2.05) is 7.11 Å². The fourth-order valence-electron chi connectivity index (χ4n) is 10.6. The van der Waals surface area contributed by atoms with Crippen LogP contribution in [0.15, 0.2) is 33.5 Å². The maximum atomic E-state index is 13.9. The third kappa shape index (κ3) is 3.70. The van der Waals surface area contributed by atoms with Crippen LogP contribution < -0.4 is 0 Å². The van der Waals surface area contributed by atoms with Crippen molar-refractivity contribution < 1.29 is 19.1 Å². The minimum atomic E-state index is -0.476. The van der Waals surface area contributed by atoms with E-state index in [9.17, 15) is 9.59 Å². The second kappa shape index (κ2) is 9.25. The molecule has 5 aliphatic carbocycles. The van der Waals surface area contributed by atoms with E-state index in [0.717, 1.165) is 67.6 Å². The number of fused-ring (bicyclic) bond motifs is 7. The summed E-state index contributed by atoms with van der Waals surface area (Å²) >= 11 is 1.70. The first-order chi connectivity index (χ1) is 18.5. The summed E-state index contributed by atoms with van der Waals surface area (Å²) in [6.07, 6.45) is 12.0. The van der Waals surface area contributed by atoms with Crippen LogP contribution in [0, 0.1) is 44.3 Å². The number of ketones is 1. The number of hydrogen-bond donors (Lipinski definition) is 0. The SMILES string of the molecule is COC(=O)[C@]12CCC(C)(C)C[C@H]1C1=C(OC)C=C3[C@@]4(C)C/C(=C(/C)SC)C(=O)C(C)(C)[C@@H]4CC[C@@]3(C)[C@]1(C)CC2. The monoisotopic (exact) mass is 568 g/mol. The second-order valence-corrected chi connectivity index (χ2v) is 16.8. The van der Waals surface area contributed by atoms with Gasteiger partial charge in [-0.3, -0.25) is 9.59 Å². The lowest BCUT2D eigenvalue weighted by Gasteiger charge is -2.68. The van der Waals surface area contributed by atoms with Crippen molar-refractivity contribution >= 4 is 23.5 Å². The number of ether oxygens (including phenoxy) is 2. The molecular formula is C35H52O4S. The summed E-state index contributed by atoms with van der Waals surface area (Å²) in [4.78, 5) is 28.6. The molecule has 0 bridgehead atoms. The molecule has 0 heterocycles. The zero-order chi connectivity index (χ0) is 29.7.